The number of fused-ring (bicyclic) bond motifs is 1. The predicted octanol–water partition coefficient (Wildman–Crippen LogP) is 3.33. The van der Waals surface area contributed by atoms with Gasteiger partial charge in [0.2, 0.25) is 5.88 Å². The van der Waals surface area contributed by atoms with Gasteiger partial charge in [-0.05, 0) is 49.2 Å². The van der Waals surface area contributed by atoms with E-state index in [0.717, 1.165) is 6.42 Å². The first-order valence-electron chi connectivity index (χ1n) is 11.6. The number of rotatable bonds is 11. The van der Waals surface area contributed by atoms with Gasteiger partial charge < -0.3 is 24.3 Å². The van der Waals surface area contributed by atoms with E-state index in [4.69, 9.17) is 18.9 Å². The largest absolute Gasteiger partial charge is 0.497 e. The Labute approximate surface area is 209 Å². The normalized spacial score (nSPS) is 11.7. The lowest BCUT2D eigenvalue weighted by atomic mass is 10.2. The van der Waals surface area contributed by atoms with E-state index in [-0.39, 0.29) is 12.5 Å². The number of carbonyl (C=O) groups excluding carboxylic acids is 1. The number of benzene rings is 2. The number of carbonyl (C=O) groups is 1. The molecule has 2 aromatic heterocycles. The molecule has 4 rings (SSSR count). The van der Waals surface area contributed by atoms with E-state index in [1.165, 1.54) is 5.56 Å². The Morgan fingerprint density at radius 3 is 2.50 bits per heavy atom. The van der Waals surface area contributed by atoms with Crippen LogP contribution < -0.4 is 24.3 Å². The van der Waals surface area contributed by atoms with Crippen molar-refractivity contribution in [3.05, 3.63) is 60.2 Å². The molecule has 0 aliphatic rings. The monoisotopic (exact) mass is 491 g/mol. The quantitative estimate of drug-likeness (QED) is 0.318. The number of hydrogen-bond donors (Lipinski definition) is 1. The Balaban J connectivity index is 1.35. The molecule has 4 aromatic rings. The number of aromatic nitrogens is 4. The second-order valence-electron chi connectivity index (χ2n) is 7.93. The van der Waals surface area contributed by atoms with Gasteiger partial charge in [0, 0.05) is 12.1 Å². The highest BCUT2D eigenvalue weighted by atomic mass is 16.5. The molecule has 0 bridgehead atoms. The minimum absolute atomic E-state index is 0.228. The summed E-state index contributed by atoms with van der Waals surface area (Å²) in [5, 5.41) is 15.7. The molecule has 0 spiro atoms. The van der Waals surface area contributed by atoms with E-state index in [2.05, 4.69) is 27.5 Å². The van der Waals surface area contributed by atoms with Crippen molar-refractivity contribution in [1.82, 2.24) is 25.1 Å². The molecule has 1 amide bonds. The van der Waals surface area contributed by atoms with Crippen LogP contribution in [0, 0.1) is 0 Å². The molecule has 0 saturated carbocycles. The van der Waals surface area contributed by atoms with E-state index in [9.17, 15) is 4.79 Å². The van der Waals surface area contributed by atoms with Crippen molar-refractivity contribution < 1.29 is 23.7 Å². The van der Waals surface area contributed by atoms with Crippen LogP contribution in [-0.4, -0.2) is 59.2 Å². The van der Waals surface area contributed by atoms with Gasteiger partial charge in [0.25, 0.3) is 5.91 Å². The van der Waals surface area contributed by atoms with Crippen LogP contribution in [0.2, 0.25) is 0 Å². The highest BCUT2D eigenvalue weighted by Crippen LogP contribution is 2.32. The Kier molecular flexibility index (Phi) is 7.84. The minimum atomic E-state index is -0.633. The summed E-state index contributed by atoms with van der Waals surface area (Å²) in [6.45, 7) is 4.32. The zero-order valence-electron chi connectivity index (χ0n) is 20.7. The van der Waals surface area contributed by atoms with Crippen molar-refractivity contribution in [3.8, 4) is 34.5 Å². The van der Waals surface area contributed by atoms with E-state index in [0.29, 0.717) is 46.7 Å². The summed E-state index contributed by atoms with van der Waals surface area (Å²) in [5.41, 5.74) is 2.48. The third kappa shape index (κ3) is 5.65. The van der Waals surface area contributed by atoms with Gasteiger partial charge >= 0.3 is 0 Å². The van der Waals surface area contributed by atoms with Gasteiger partial charge in [-0.1, -0.05) is 19.1 Å². The molecule has 10 nitrogen and oxygen atoms in total. The SMILES string of the molecule is CCc1ccc(OC(C)C(=O)NCCOc2ccc3nnc(-c4ccc(OC)cc4OC)n3n2)cc1. The summed E-state index contributed by atoms with van der Waals surface area (Å²) in [6.07, 6.45) is 0.318. The molecule has 0 aliphatic carbocycles. The van der Waals surface area contributed by atoms with Gasteiger partial charge in [0.15, 0.2) is 17.6 Å². The van der Waals surface area contributed by atoms with Crippen molar-refractivity contribution in [1.29, 1.82) is 0 Å². The third-order valence-electron chi connectivity index (χ3n) is 5.55. The Morgan fingerprint density at radius 2 is 1.78 bits per heavy atom. The molecular weight excluding hydrogens is 462 g/mol. The molecule has 2 heterocycles. The molecule has 0 fully saturated rings. The first-order valence-corrected chi connectivity index (χ1v) is 11.6. The van der Waals surface area contributed by atoms with E-state index in [1.807, 2.05) is 36.4 Å². The van der Waals surface area contributed by atoms with Gasteiger partial charge in [-0.2, -0.15) is 4.52 Å². The summed E-state index contributed by atoms with van der Waals surface area (Å²) in [4.78, 5) is 12.4. The molecule has 2 aromatic carbocycles. The van der Waals surface area contributed by atoms with Crippen molar-refractivity contribution in [2.24, 2.45) is 0 Å². The highest BCUT2D eigenvalue weighted by Gasteiger charge is 2.17. The van der Waals surface area contributed by atoms with E-state index >= 15 is 0 Å². The summed E-state index contributed by atoms with van der Waals surface area (Å²) in [5.74, 6) is 2.54. The summed E-state index contributed by atoms with van der Waals surface area (Å²) >= 11 is 0. The Morgan fingerprint density at radius 1 is 1.00 bits per heavy atom. The lowest BCUT2D eigenvalue weighted by Crippen LogP contribution is -2.38. The molecular formula is C26H29N5O5. The van der Waals surface area contributed by atoms with Crippen LogP contribution in [0.25, 0.3) is 17.0 Å². The predicted molar refractivity (Wildman–Crippen MR) is 134 cm³/mol. The average molecular weight is 492 g/mol. The van der Waals surface area contributed by atoms with Crippen molar-refractivity contribution in [3.63, 3.8) is 0 Å². The van der Waals surface area contributed by atoms with Crippen LogP contribution >= 0.6 is 0 Å². The fourth-order valence-electron chi connectivity index (χ4n) is 3.54. The smallest absolute Gasteiger partial charge is 0.260 e. The second kappa shape index (κ2) is 11.4. The average Bonchev–Trinajstić information content (AvgIpc) is 3.34. The van der Waals surface area contributed by atoms with Crippen molar-refractivity contribution in [2.45, 2.75) is 26.4 Å². The molecule has 0 radical (unpaired) electrons. The van der Waals surface area contributed by atoms with Gasteiger partial charge in [0.05, 0.1) is 26.3 Å². The van der Waals surface area contributed by atoms with Gasteiger partial charge in [-0.15, -0.1) is 15.3 Å². The molecule has 1 unspecified atom stereocenters. The lowest BCUT2D eigenvalue weighted by molar-refractivity contribution is -0.127. The van der Waals surface area contributed by atoms with Crippen LogP contribution in [0.15, 0.2) is 54.6 Å². The second-order valence-corrected chi connectivity index (χ2v) is 7.93. The third-order valence-corrected chi connectivity index (χ3v) is 5.55. The molecule has 188 valence electrons. The summed E-state index contributed by atoms with van der Waals surface area (Å²) in [6, 6.07) is 16.6. The Hall–Kier alpha value is -4.34. The summed E-state index contributed by atoms with van der Waals surface area (Å²) in [7, 11) is 3.17. The number of amides is 1. The van der Waals surface area contributed by atoms with Gasteiger partial charge in [-0.25, -0.2) is 0 Å². The van der Waals surface area contributed by atoms with Crippen LogP contribution in [-0.2, 0) is 11.2 Å². The maximum Gasteiger partial charge on any atom is 0.260 e. The summed E-state index contributed by atoms with van der Waals surface area (Å²) < 4.78 is 23.8. The first-order chi connectivity index (χ1) is 17.5. The van der Waals surface area contributed by atoms with E-state index < -0.39 is 6.10 Å². The minimum Gasteiger partial charge on any atom is -0.497 e. The topological polar surface area (TPSA) is 109 Å². The fraction of sp³-hybridized carbons (Fsp3) is 0.308. The fourth-order valence-corrected chi connectivity index (χ4v) is 3.54. The molecule has 1 N–H and O–H groups in total. The van der Waals surface area contributed by atoms with Crippen molar-refractivity contribution in [2.75, 3.05) is 27.4 Å². The van der Waals surface area contributed by atoms with Gasteiger partial charge in [0.1, 0.15) is 23.9 Å². The molecule has 0 aliphatic heterocycles. The Bertz CT molecular complexity index is 1320. The van der Waals surface area contributed by atoms with Crippen LogP contribution in [0.1, 0.15) is 19.4 Å². The van der Waals surface area contributed by atoms with Gasteiger partial charge in [-0.3, -0.25) is 4.79 Å². The number of aryl methyl sites for hydroxylation is 1. The number of nitrogens with zero attached hydrogens (tertiary/aromatic N) is 4. The number of nitrogens with one attached hydrogen (secondary N) is 1. The maximum absolute atomic E-state index is 12.4. The zero-order valence-corrected chi connectivity index (χ0v) is 20.7. The first kappa shape index (κ1) is 24.8. The molecule has 36 heavy (non-hydrogen) atoms. The standard InChI is InChI=1S/C26H29N5O5/c1-5-18-6-8-19(9-7-18)36-17(2)26(32)27-14-15-35-24-13-12-23-28-29-25(31(23)30-24)21-11-10-20(33-3)16-22(21)34-4/h6-13,16-17H,5,14-15H2,1-4H3,(H,27,32). The highest BCUT2D eigenvalue weighted by molar-refractivity contribution is 5.80. The number of hydrogen-bond acceptors (Lipinski definition) is 8. The number of ether oxygens (including phenoxy) is 4. The van der Waals surface area contributed by atoms with Crippen LogP contribution in [0.4, 0.5) is 0 Å². The molecule has 0 saturated heterocycles. The molecule has 1 atom stereocenters. The van der Waals surface area contributed by atoms with Crippen molar-refractivity contribution >= 4 is 11.6 Å². The van der Waals surface area contributed by atoms with Crippen LogP contribution in [0.3, 0.4) is 0 Å². The zero-order chi connectivity index (χ0) is 25.5. The van der Waals surface area contributed by atoms with E-state index in [1.54, 1.807) is 43.9 Å². The van der Waals surface area contributed by atoms with Crippen LogP contribution in [0.5, 0.6) is 23.1 Å². The maximum atomic E-state index is 12.4. The number of methoxy groups -OCH3 is 2. The lowest BCUT2D eigenvalue weighted by Gasteiger charge is -2.15. The molecule has 10 heteroatoms.